The minimum Gasteiger partial charge on any atom is -0.464 e. The van der Waals surface area contributed by atoms with Crippen LogP contribution >= 0.6 is 0 Å². The average molecular weight is 256 g/mol. The SMILES string of the molecule is C=CC(=O)CCC(NC(=O)C(C)N)C(=O)OCC. The van der Waals surface area contributed by atoms with E-state index < -0.39 is 24.0 Å². The molecule has 102 valence electrons. The van der Waals surface area contributed by atoms with Gasteiger partial charge in [0, 0.05) is 6.42 Å². The molecule has 2 atom stereocenters. The zero-order chi connectivity index (χ0) is 14.1. The van der Waals surface area contributed by atoms with Crippen LogP contribution in [0.25, 0.3) is 0 Å². The molecule has 0 saturated heterocycles. The van der Waals surface area contributed by atoms with E-state index in [0.717, 1.165) is 0 Å². The molecule has 0 spiro atoms. The van der Waals surface area contributed by atoms with E-state index in [1.165, 1.54) is 13.0 Å². The van der Waals surface area contributed by atoms with Gasteiger partial charge in [0.25, 0.3) is 0 Å². The maximum Gasteiger partial charge on any atom is 0.328 e. The summed E-state index contributed by atoms with van der Waals surface area (Å²) in [7, 11) is 0. The number of hydrogen-bond acceptors (Lipinski definition) is 5. The molecule has 0 fully saturated rings. The minimum atomic E-state index is -0.854. The maximum absolute atomic E-state index is 11.6. The van der Waals surface area contributed by atoms with Crippen LogP contribution in [0.5, 0.6) is 0 Å². The Balaban J connectivity index is 4.51. The first-order chi connectivity index (χ1) is 8.42. The fraction of sp³-hybridized carbons (Fsp3) is 0.583. The Morgan fingerprint density at radius 1 is 1.44 bits per heavy atom. The Labute approximate surface area is 107 Å². The van der Waals surface area contributed by atoms with Crippen LogP contribution < -0.4 is 11.1 Å². The van der Waals surface area contributed by atoms with Gasteiger partial charge < -0.3 is 15.8 Å². The summed E-state index contributed by atoms with van der Waals surface area (Å²) < 4.78 is 4.82. The number of carbonyl (C=O) groups excluding carboxylic acids is 3. The smallest absolute Gasteiger partial charge is 0.328 e. The first-order valence-electron chi connectivity index (χ1n) is 5.80. The molecule has 6 heteroatoms. The number of nitrogens with one attached hydrogen (secondary N) is 1. The molecule has 0 bridgehead atoms. The predicted octanol–water partition coefficient (Wildman–Crippen LogP) is -0.0832. The largest absolute Gasteiger partial charge is 0.464 e. The van der Waals surface area contributed by atoms with Gasteiger partial charge in [-0.05, 0) is 26.3 Å². The lowest BCUT2D eigenvalue weighted by Crippen LogP contribution is -2.48. The lowest BCUT2D eigenvalue weighted by Gasteiger charge is -2.17. The highest BCUT2D eigenvalue weighted by molar-refractivity contribution is 5.90. The lowest BCUT2D eigenvalue weighted by molar-refractivity contribution is -0.147. The van der Waals surface area contributed by atoms with Crippen molar-refractivity contribution in [2.75, 3.05) is 6.61 Å². The van der Waals surface area contributed by atoms with Crippen LogP contribution in [0.2, 0.25) is 0 Å². The number of amides is 1. The summed E-state index contributed by atoms with van der Waals surface area (Å²) in [5.41, 5.74) is 5.39. The number of hydrogen-bond donors (Lipinski definition) is 2. The Morgan fingerprint density at radius 2 is 2.06 bits per heavy atom. The number of nitrogens with two attached hydrogens (primary N) is 1. The van der Waals surface area contributed by atoms with Crippen LogP contribution in [0.1, 0.15) is 26.7 Å². The Morgan fingerprint density at radius 3 is 2.50 bits per heavy atom. The van der Waals surface area contributed by atoms with Gasteiger partial charge in [-0.25, -0.2) is 4.79 Å². The zero-order valence-corrected chi connectivity index (χ0v) is 10.8. The second-order valence-corrected chi connectivity index (χ2v) is 3.81. The van der Waals surface area contributed by atoms with E-state index in [9.17, 15) is 14.4 Å². The van der Waals surface area contributed by atoms with Crippen molar-refractivity contribution in [3.63, 3.8) is 0 Å². The predicted molar refractivity (Wildman–Crippen MR) is 66.7 cm³/mol. The molecule has 1 amide bonds. The summed E-state index contributed by atoms with van der Waals surface area (Å²) in [6, 6.07) is -1.58. The molecule has 0 radical (unpaired) electrons. The molecule has 0 aliphatic heterocycles. The fourth-order valence-corrected chi connectivity index (χ4v) is 1.18. The van der Waals surface area contributed by atoms with Crippen LogP contribution in [0.15, 0.2) is 12.7 Å². The molecule has 0 aliphatic rings. The molecule has 0 rings (SSSR count). The molecule has 0 aromatic heterocycles. The second kappa shape index (κ2) is 8.41. The van der Waals surface area contributed by atoms with Gasteiger partial charge in [0.15, 0.2) is 5.78 Å². The first-order valence-corrected chi connectivity index (χ1v) is 5.80. The van der Waals surface area contributed by atoms with E-state index in [4.69, 9.17) is 10.5 Å². The topological polar surface area (TPSA) is 98.5 Å². The first kappa shape index (κ1) is 16.3. The van der Waals surface area contributed by atoms with Gasteiger partial charge in [0.05, 0.1) is 12.6 Å². The van der Waals surface area contributed by atoms with Crippen LogP contribution in [-0.2, 0) is 19.1 Å². The van der Waals surface area contributed by atoms with Crippen LogP contribution in [0, 0.1) is 0 Å². The van der Waals surface area contributed by atoms with Crippen molar-refractivity contribution < 1.29 is 19.1 Å². The highest BCUT2D eigenvalue weighted by atomic mass is 16.5. The minimum absolute atomic E-state index is 0.117. The third-order valence-electron chi connectivity index (χ3n) is 2.21. The van der Waals surface area contributed by atoms with E-state index in [-0.39, 0.29) is 25.2 Å². The Bertz CT molecular complexity index is 326. The molecule has 18 heavy (non-hydrogen) atoms. The number of ketones is 1. The van der Waals surface area contributed by atoms with Crippen molar-refractivity contribution in [2.24, 2.45) is 5.73 Å². The average Bonchev–Trinajstić information content (AvgIpc) is 2.33. The summed E-state index contributed by atoms with van der Waals surface area (Å²) in [4.78, 5) is 34.1. The molecule has 3 N–H and O–H groups in total. The summed E-state index contributed by atoms with van der Waals surface area (Å²) in [6.07, 6.45) is 1.46. The van der Waals surface area contributed by atoms with Crippen molar-refractivity contribution in [2.45, 2.75) is 38.8 Å². The number of carbonyl (C=O) groups is 3. The summed E-state index contributed by atoms with van der Waals surface area (Å²) in [5.74, 6) is -1.22. The van der Waals surface area contributed by atoms with Gasteiger partial charge in [-0.15, -0.1) is 0 Å². The summed E-state index contributed by atoms with van der Waals surface area (Å²) in [5, 5.41) is 2.46. The number of rotatable bonds is 8. The van der Waals surface area contributed by atoms with Gasteiger partial charge in [-0.1, -0.05) is 6.58 Å². The van der Waals surface area contributed by atoms with Gasteiger partial charge in [-0.3, -0.25) is 9.59 Å². The highest BCUT2D eigenvalue weighted by Gasteiger charge is 2.23. The van der Waals surface area contributed by atoms with Gasteiger partial charge in [0.2, 0.25) is 5.91 Å². The van der Waals surface area contributed by atoms with Crippen LogP contribution in [0.4, 0.5) is 0 Å². The van der Waals surface area contributed by atoms with Gasteiger partial charge >= 0.3 is 5.97 Å². The molecule has 0 aromatic rings. The quantitative estimate of drug-likeness (QED) is 0.467. The van der Waals surface area contributed by atoms with E-state index >= 15 is 0 Å². The molecule has 0 aromatic carbocycles. The normalized spacial score (nSPS) is 13.3. The monoisotopic (exact) mass is 256 g/mol. The third-order valence-corrected chi connectivity index (χ3v) is 2.21. The molecular weight excluding hydrogens is 236 g/mol. The number of allylic oxidation sites excluding steroid dienone is 1. The Kier molecular flexibility index (Phi) is 7.62. The van der Waals surface area contributed by atoms with E-state index in [1.54, 1.807) is 6.92 Å². The van der Waals surface area contributed by atoms with Crippen molar-refractivity contribution >= 4 is 17.7 Å². The van der Waals surface area contributed by atoms with Crippen molar-refractivity contribution in [3.05, 3.63) is 12.7 Å². The number of esters is 1. The molecule has 6 nitrogen and oxygen atoms in total. The molecule has 2 unspecified atom stereocenters. The van der Waals surface area contributed by atoms with E-state index in [2.05, 4.69) is 11.9 Å². The molecule has 0 heterocycles. The molecular formula is C12H20N2O4. The lowest BCUT2D eigenvalue weighted by atomic mass is 10.1. The summed E-state index contributed by atoms with van der Waals surface area (Å²) >= 11 is 0. The Hall–Kier alpha value is -1.69. The molecule has 0 aliphatic carbocycles. The van der Waals surface area contributed by atoms with Crippen LogP contribution in [0.3, 0.4) is 0 Å². The summed E-state index contributed by atoms with van der Waals surface area (Å²) in [6.45, 7) is 6.71. The van der Waals surface area contributed by atoms with Crippen LogP contribution in [-0.4, -0.2) is 36.4 Å². The zero-order valence-electron chi connectivity index (χ0n) is 10.8. The van der Waals surface area contributed by atoms with Gasteiger partial charge in [0.1, 0.15) is 6.04 Å². The maximum atomic E-state index is 11.6. The van der Waals surface area contributed by atoms with Crippen molar-refractivity contribution in [1.82, 2.24) is 5.32 Å². The standard InChI is InChI=1S/C12H20N2O4/c1-4-9(15)6-7-10(12(17)18-5-2)14-11(16)8(3)13/h4,8,10H,1,5-7,13H2,2-3H3,(H,14,16). The number of ether oxygens (including phenoxy) is 1. The van der Waals surface area contributed by atoms with E-state index in [1.807, 2.05) is 0 Å². The third kappa shape index (κ3) is 6.15. The van der Waals surface area contributed by atoms with E-state index in [0.29, 0.717) is 0 Å². The van der Waals surface area contributed by atoms with Crippen molar-refractivity contribution in [1.29, 1.82) is 0 Å². The highest BCUT2D eigenvalue weighted by Crippen LogP contribution is 2.02. The van der Waals surface area contributed by atoms with Crippen molar-refractivity contribution in [3.8, 4) is 0 Å². The fourth-order valence-electron chi connectivity index (χ4n) is 1.18. The second-order valence-electron chi connectivity index (χ2n) is 3.81. The molecule has 0 saturated carbocycles. The van der Waals surface area contributed by atoms with Gasteiger partial charge in [-0.2, -0.15) is 0 Å².